The molecule has 1 fully saturated rings. The molecule has 0 atom stereocenters. The summed E-state index contributed by atoms with van der Waals surface area (Å²) in [7, 11) is 0. The summed E-state index contributed by atoms with van der Waals surface area (Å²) in [5.74, 6) is 1.24. The maximum Gasteiger partial charge on any atom is 0.227 e. The summed E-state index contributed by atoms with van der Waals surface area (Å²) < 4.78 is 0. The second kappa shape index (κ2) is 9.45. The van der Waals surface area contributed by atoms with Crippen molar-refractivity contribution < 1.29 is 4.79 Å². The van der Waals surface area contributed by atoms with Crippen molar-refractivity contribution in [3.63, 3.8) is 0 Å². The van der Waals surface area contributed by atoms with Gasteiger partial charge in [0.25, 0.3) is 0 Å². The number of anilines is 1. The molecular formula is C21H25ClN2OS. The third-order valence-electron chi connectivity index (χ3n) is 4.72. The predicted octanol–water partition coefficient (Wildman–Crippen LogP) is 5.30. The van der Waals surface area contributed by atoms with E-state index in [0.717, 1.165) is 53.8 Å². The zero-order valence-electron chi connectivity index (χ0n) is 15.1. The summed E-state index contributed by atoms with van der Waals surface area (Å²) in [6, 6.07) is 16.1. The molecule has 1 saturated heterocycles. The number of rotatable bonds is 6. The molecule has 138 valence electrons. The largest absolute Gasteiger partial charge is 0.325 e. The molecule has 26 heavy (non-hydrogen) atoms. The van der Waals surface area contributed by atoms with E-state index in [2.05, 4.69) is 35.3 Å². The van der Waals surface area contributed by atoms with Gasteiger partial charge in [-0.2, -0.15) is 0 Å². The fourth-order valence-electron chi connectivity index (χ4n) is 3.29. The van der Waals surface area contributed by atoms with Crippen molar-refractivity contribution in [2.45, 2.75) is 31.2 Å². The van der Waals surface area contributed by atoms with E-state index in [0.29, 0.717) is 0 Å². The zero-order valence-corrected chi connectivity index (χ0v) is 16.7. The lowest BCUT2D eigenvalue weighted by atomic mass is 9.95. The van der Waals surface area contributed by atoms with E-state index in [4.69, 9.17) is 11.6 Å². The first-order chi connectivity index (χ1) is 12.7. The lowest BCUT2D eigenvalue weighted by molar-refractivity contribution is -0.121. The van der Waals surface area contributed by atoms with Crippen molar-refractivity contribution >= 4 is 35.0 Å². The normalized spacial score (nSPS) is 15.8. The third kappa shape index (κ3) is 5.26. The molecule has 1 heterocycles. The number of amides is 1. The molecule has 5 heteroatoms. The average molecular weight is 389 g/mol. The smallest absolute Gasteiger partial charge is 0.227 e. The summed E-state index contributed by atoms with van der Waals surface area (Å²) in [6.07, 6.45) is 1.81. The molecule has 3 rings (SSSR count). The number of halogens is 1. The van der Waals surface area contributed by atoms with Crippen LogP contribution in [0.2, 0.25) is 5.02 Å². The second-order valence-electron chi connectivity index (χ2n) is 6.60. The van der Waals surface area contributed by atoms with Gasteiger partial charge in [0.05, 0.1) is 5.69 Å². The van der Waals surface area contributed by atoms with Gasteiger partial charge in [0, 0.05) is 22.4 Å². The number of likely N-dealkylation sites (tertiary alicyclic amines) is 1. The Morgan fingerprint density at radius 2 is 1.85 bits per heavy atom. The van der Waals surface area contributed by atoms with Gasteiger partial charge in [0.15, 0.2) is 0 Å². The van der Waals surface area contributed by atoms with E-state index in [1.54, 1.807) is 11.8 Å². The van der Waals surface area contributed by atoms with Crippen molar-refractivity contribution in [1.29, 1.82) is 0 Å². The molecule has 0 saturated carbocycles. The highest BCUT2D eigenvalue weighted by molar-refractivity contribution is 7.99. The number of para-hydroxylation sites is 1. The Kier molecular flexibility index (Phi) is 7.00. The molecule has 2 aromatic carbocycles. The lowest BCUT2D eigenvalue weighted by Gasteiger charge is -2.31. The van der Waals surface area contributed by atoms with Gasteiger partial charge >= 0.3 is 0 Å². The molecule has 0 bridgehead atoms. The van der Waals surface area contributed by atoms with Gasteiger partial charge in [-0.05, 0) is 61.5 Å². The Morgan fingerprint density at radius 3 is 2.54 bits per heavy atom. The maximum atomic E-state index is 12.7. The summed E-state index contributed by atoms with van der Waals surface area (Å²) >= 11 is 7.71. The maximum absolute atomic E-state index is 12.7. The Bertz CT molecular complexity index is 727. The van der Waals surface area contributed by atoms with Crippen LogP contribution in [0.3, 0.4) is 0 Å². The Balaban J connectivity index is 1.51. The van der Waals surface area contributed by atoms with Crippen molar-refractivity contribution in [1.82, 2.24) is 4.90 Å². The summed E-state index contributed by atoms with van der Waals surface area (Å²) in [4.78, 5) is 16.2. The number of piperidine rings is 1. The lowest BCUT2D eigenvalue weighted by Crippen LogP contribution is -2.37. The Hall–Kier alpha value is -1.49. The number of nitrogens with zero attached hydrogens (tertiary/aromatic N) is 1. The Morgan fingerprint density at radius 1 is 1.15 bits per heavy atom. The molecule has 1 N–H and O–H groups in total. The van der Waals surface area contributed by atoms with Crippen LogP contribution in [0.5, 0.6) is 0 Å². The zero-order chi connectivity index (χ0) is 18.4. The van der Waals surface area contributed by atoms with E-state index < -0.39 is 0 Å². The number of carbonyl (C=O) groups excluding carboxylic acids is 1. The van der Waals surface area contributed by atoms with Crippen molar-refractivity contribution in [2.75, 3.05) is 24.2 Å². The minimum Gasteiger partial charge on any atom is -0.325 e. The monoisotopic (exact) mass is 388 g/mol. The highest BCUT2D eigenvalue weighted by Crippen LogP contribution is 2.28. The summed E-state index contributed by atoms with van der Waals surface area (Å²) in [5, 5.41) is 3.91. The first-order valence-corrected chi connectivity index (χ1v) is 10.5. The van der Waals surface area contributed by atoms with E-state index >= 15 is 0 Å². The summed E-state index contributed by atoms with van der Waals surface area (Å²) in [5.41, 5.74) is 2.20. The third-order valence-corrected chi connectivity index (χ3v) is 5.93. The number of hydrogen-bond donors (Lipinski definition) is 1. The number of carbonyl (C=O) groups is 1. The van der Waals surface area contributed by atoms with Gasteiger partial charge in [-0.1, -0.05) is 42.8 Å². The van der Waals surface area contributed by atoms with Gasteiger partial charge in [0.2, 0.25) is 5.91 Å². The van der Waals surface area contributed by atoms with Gasteiger partial charge < -0.3 is 5.32 Å². The SMILES string of the molecule is CCSc1ccccc1NC(=O)C1CCN(Cc2ccc(Cl)cc2)CC1. The van der Waals surface area contributed by atoms with Crippen LogP contribution in [0.15, 0.2) is 53.4 Å². The van der Waals surface area contributed by atoms with E-state index in [-0.39, 0.29) is 11.8 Å². The van der Waals surface area contributed by atoms with Gasteiger partial charge in [-0.15, -0.1) is 11.8 Å². The quantitative estimate of drug-likeness (QED) is 0.681. The molecule has 1 amide bonds. The highest BCUT2D eigenvalue weighted by atomic mass is 35.5. The van der Waals surface area contributed by atoms with E-state index in [1.807, 2.05) is 30.3 Å². The van der Waals surface area contributed by atoms with Crippen LogP contribution in [0.4, 0.5) is 5.69 Å². The van der Waals surface area contributed by atoms with Crippen LogP contribution in [-0.2, 0) is 11.3 Å². The number of thioether (sulfide) groups is 1. The fourth-order valence-corrected chi connectivity index (χ4v) is 4.17. The number of hydrogen-bond acceptors (Lipinski definition) is 3. The van der Waals surface area contributed by atoms with Gasteiger partial charge in [0.1, 0.15) is 0 Å². The molecule has 0 aliphatic carbocycles. The molecule has 2 aromatic rings. The standard InChI is InChI=1S/C21H25ClN2OS/c1-2-26-20-6-4-3-5-19(20)23-21(25)17-11-13-24(14-12-17)15-16-7-9-18(22)10-8-16/h3-10,17H,2,11-15H2,1H3,(H,23,25). The van der Waals surface area contributed by atoms with Crippen LogP contribution >= 0.6 is 23.4 Å². The van der Waals surface area contributed by atoms with Crippen molar-refractivity contribution in [2.24, 2.45) is 5.92 Å². The van der Waals surface area contributed by atoms with E-state index in [9.17, 15) is 4.79 Å². The van der Waals surface area contributed by atoms with Gasteiger partial charge in [-0.25, -0.2) is 0 Å². The summed E-state index contributed by atoms with van der Waals surface area (Å²) in [6.45, 7) is 4.94. The minimum absolute atomic E-state index is 0.0937. The first kappa shape index (κ1) is 19.3. The number of benzene rings is 2. The average Bonchev–Trinajstić information content (AvgIpc) is 2.66. The van der Waals surface area contributed by atoms with Crippen LogP contribution in [0, 0.1) is 5.92 Å². The van der Waals surface area contributed by atoms with Crippen LogP contribution < -0.4 is 5.32 Å². The topological polar surface area (TPSA) is 32.3 Å². The fraction of sp³-hybridized carbons (Fsp3) is 0.381. The van der Waals surface area contributed by atoms with Crippen LogP contribution in [0.1, 0.15) is 25.3 Å². The van der Waals surface area contributed by atoms with Gasteiger partial charge in [-0.3, -0.25) is 9.69 Å². The molecule has 1 aliphatic heterocycles. The minimum atomic E-state index is 0.0937. The molecule has 0 spiro atoms. The Labute approximate surface area is 165 Å². The predicted molar refractivity (Wildman–Crippen MR) is 111 cm³/mol. The van der Waals surface area contributed by atoms with Crippen LogP contribution in [0.25, 0.3) is 0 Å². The van der Waals surface area contributed by atoms with Crippen LogP contribution in [-0.4, -0.2) is 29.6 Å². The second-order valence-corrected chi connectivity index (χ2v) is 8.34. The number of nitrogens with one attached hydrogen (secondary N) is 1. The van der Waals surface area contributed by atoms with Crippen molar-refractivity contribution in [3.05, 3.63) is 59.1 Å². The highest BCUT2D eigenvalue weighted by Gasteiger charge is 2.25. The molecule has 0 radical (unpaired) electrons. The van der Waals surface area contributed by atoms with E-state index in [1.165, 1.54) is 5.56 Å². The molecular weight excluding hydrogens is 364 g/mol. The molecule has 1 aliphatic rings. The van der Waals surface area contributed by atoms with Crippen molar-refractivity contribution in [3.8, 4) is 0 Å². The molecule has 3 nitrogen and oxygen atoms in total. The first-order valence-electron chi connectivity index (χ1n) is 9.15. The molecule has 0 aromatic heterocycles. The molecule has 0 unspecified atom stereocenters.